The molecular weight excluding hydrogens is 277 g/mol. The zero-order valence-corrected chi connectivity index (χ0v) is 10.2. The van der Waals surface area contributed by atoms with E-state index in [2.05, 4.69) is 9.97 Å². The fraction of sp³-hybridized carbons (Fsp3) is 0.0833. The molecule has 1 aromatic heterocycles. The van der Waals surface area contributed by atoms with Gasteiger partial charge in [-0.3, -0.25) is 9.78 Å². The number of alkyl halides is 3. The van der Waals surface area contributed by atoms with Gasteiger partial charge in [0.15, 0.2) is 6.29 Å². The number of hydrogen-bond donors (Lipinski definition) is 0. The van der Waals surface area contributed by atoms with E-state index in [9.17, 15) is 18.0 Å². The van der Waals surface area contributed by atoms with E-state index in [0.29, 0.717) is 9.92 Å². The number of rotatable bonds is 3. The average molecular weight is 284 g/mol. The smallest absolute Gasteiger partial charge is 0.298 e. The average Bonchev–Trinajstić information content (AvgIpc) is 2.39. The molecule has 0 spiro atoms. The monoisotopic (exact) mass is 284 g/mol. The second-order valence-electron chi connectivity index (χ2n) is 3.51. The number of benzene rings is 1. The van der Waals surface area contributed by atoms with Gasteiger partial charge in [0, 0.05) is 22.9 Å². The van der Waals surface area contributed by atoms with Crippen molar-refractivity contribution in [3.63, 3.8) is 0 Å². The third-order valence-electron chi connectivity index (χ3n) is 2.22. The van der Waals surface area contributed by atoms with Gasteiger partial charge in [0.05, 0.1) is 11.8 Å². The standard InChI is InChI=1S/C12H7F3N2OS/c13-12(14,15)10-5-9(2-1-8(10)7-18)19-11-6-16-3-4-17-11/h1-7H. The second kappa shape index (κ2) is 5.40. The van der Waals surface area contributed by atoms with Crippen molar-refractivity contribution in [2.45, 2.75) is 16.1 Å². The van der Waals surface area contributed by atoms with E-state index >= 15 is 0 Å². The fourth-order valence-electron chi connectivity index (χ4n) is 1.41. The summed E-state index contributed by atoms with van der Waals surface area (Å²) in [5, 5.41) is 0.481. The number of nitrogens with zero attached hydrogens (tertiary/aromatic N) is 2. The zero-order chi connectivity index (χ0) is 13.9. The highest BCUT2D eigenvalue weighted by molar-refractivity contribution is 7.99. The minimum absolute atomic E-state index is 0.194. The van der Waals surface area contributed by atoms with E-state index in [-0.39, 0.29) is 11.8 Å². The molecule has 0 amide bonds. The van der Waals surface area contributed by atoms with E-state index in [1.807, 2.05) is 0 Å². The van der Waals surface area contributed by atoms with Gasteiger partial charge in [0.1, 0.15) is 5.03 Å². The lowest BCUT2D eigenvalue weighted by Crippen LogP contribution is -2.08. The molecule has 1 aromatic carbocycles. The van der Waals surface area contributed by atoms with Crippen molar-refractivity contribution in [1.82, 2.24) is 9.97 Å². The van der Waals surface area contributed by atoms with Gasteiger partial charge >= 0.3 is 6.18 Å². The van der Waals surface area contributed by atoms with Crippen LogP contribution in [0, 0.1) is 0 Å². The number of carbonyl (C=O) groups excluding carboxylic acids is 1. The molecule has 0 bridgehead atoms. The number of hydrogen-bond acceptors (Lipinski definition) is 4. The Labute approximate surface area is 110 Å². The van der Waals surface area contributed by atoms with Gasteiger partial charge in [-0.2, -0.15) is 13.2 Å². The van der Waals surface area contributed by atoms with Gasteiger partial charge in [-0.1, -0.05) is 11.8 Å². The van der Waals surface area contributed by atoms with Gasteiger partial charge in [-0.05, 0) is 18.2 Å². The highest BCUT2D eigenvalue weighted by Crippen LogP contribution is 2.35. The molecule has 0 unspecified atom stereocenters. The van der Waals surface area contributed by atoms with E-state index in [4.69, 9.17) is 0 Å². The normalized spacial score (nSPS) is 11.3. The fourth-order valence-corrected chi connectivity index (χ4v) is 2.19. The topological polar surface area (TPSA) is 42.9 Å². The van der Waals surface area contributed by atoms with Crippen LogP contribution >= 0.6 is 11.8 Å². The number of aromatic nitrogens is 2. The summed E-state index contributed by atoms with van der Waals surface area (Å²) in [6, 6.07) is 3.52. The van der Waals surface area contributed by atoms with Crippen LogP contribution in [0.15, 0.2) is 46.7 Å². The van der Waals surface area contributed by atoms with Gasteiger partial charge in [-0.25, -0.2) is 4.98 Å². The molecule has 0 atom stereocenters. The molecule has 0 aliphatic heterocycles. The van der Waals surface area contributed by atoms with Crippen molar-refractivity contribution < 1.29 is 18.0 Å². The van der Waals surface area contributed by atoms with Crippen molar-refractivity contribution in [1.29, 1.82) is 0 Å². The third kappa shape index (κ3) is 3.31. The summed E-state index contributed by atoms with van der Waals surface area (Å²) in [6.07, 6.45) is 0.00776. The van der Waals surface area contributed by atoms with Crippen LogP contribution in [0.3, 0.4) is 0 Å². The molecule has 1 heterocycles. The van der Waals surface area contributed by atoms with Crippen LogP contribution < -0.4 is 0 Å². The van der Waals surface area contributed by atoms with Crippen molar-refractivity contribution in [3.05, 3.63) is 47.9 Å². The van der Waals surface area contributed by atoms with Crippen LogP contribution in [0.4, 0.5) is 13.2 Å². The summed E-state index contributed by atoms with van der Waals surface area (Å²) in [5.74, 6) is 0. The maximum Gasteiger partial charge on any atom is 0.417 e. The highest BCUT2D eigenvalue weighted by Gasteiger charge is 2.33. The Kier molecular flexibility index (Phi) is 3.84. The summed E-state index contributed by atoms with van der Waals surface area (Å²) < 4.78 is 38.3. The summed E-state index contributed by atoms with van der Waals surface area (Å²) in [6.45, 7) is 0. The molecule has 0 aliphatic carbocycles. The first-order valence-corrected chi connectivity index (χ1v) is 5.92. The van der Waals surface area contributed by atoms with Crippen LogP contribution in [-0.2, 0) is 6.18 Å². The van der Waals surface area contributed by atoms with Crippen LogP contribution in [0.5, 0.6) is 0 Å². The third-order valence-corrected chi connectivity index (χ3v) is 3.13. The lowest BCUT2D eigenvalue weighted by atomic mass is 10.1. The van der Waals surface area contributed by atoms with Crippen molar-refractivity contribution in [2.75, 3.05) is 0 Å². The molecule has 7 heteroatoms. The molecule has 0 saturated heterocycles. The number of aldehydes is 1. The first kappa shape index (κ1) is 13.5. The Morgan fingerprint density at radius 2 is 2.00 bits per heavy atom. The molecular formula is C12H7F3N2OS. The SMILES string of the molecule is O=Cc1ccc(Sc2cnccn2)cc1C(F)(F)F. The lowest BCUT2D eigenvalue weighted by Gasteiger charge is -2.10. The maximum absolute atomic E-state index is 12.8. The van der Waals surface area contributed by atoms with Crippen LogP contribution in [0.2, 0.25) is 0 Å². The molecule has 19 heavy (non-hydrogen) atoms. The molecule has 98 valence electrons. The summed E-state index contributed by atoms with van der Waals surface area (Å²) in [5.41, 5.74) is -1.33. The van der Waals surface area contributed by atoms with Gasteiger partial charge in [-0.15, -0.1) is 0 Å². The van der Waals surface area contributed by atoms with Crippen molar-refractivity contribution in [2.24, 2.45) is 0 Å². The van der Waals surface area contributed by atoms with Crippen molar-refractivity contribution >= 4 is 18.0 Å². The Morgan fingerprint density at radius 3 is 2.58 bits per heavy atom. The summed E-state index contributed by atoms with van der Waals surface area (Å²) in [4.78, 5) is 18.7. The Balaban J connectivity index is 2.36. The number of carbonyl (C=O) groups is 1. The Bertz CT molecular complexity index is 587. The van der Waals surface area contributed by atoms with E-state index in [1.54, 1.807) is 0 Å². The number of halogens is 3. The lowest BCUT2D eigenvalue weighted by molar-refractivity contribution is -0.138. The molecule has 0 N–H and O–H groups in total. The molecule has 0 radical (unpaired) electrons. The van der Waals surface area contributed by atoms with Gasteiger partial charge in [0.25, 0.3) is 0 Å². The minimum Gasteiger partial charge on any atom is -0.298 e. The quantitative estimate of drug-likeness (QED) is 0.809. The predicted octanol–water partition coefficient (Wildman–Crippen LogP) is 3.46. The van der Waals surface area contributed by atoms with Crippen LogP contribution in [0.25, 0.3) is 0 Å². The van der Waals surface area contributed by atoms with Crippen LogP contribution in [0.1, 0.15) is 15.9 Å². The summed E-state index contributed by atoms with van der Waals surface area (Å²) in [7, 11) is 0. The van der Waals surface area contributed by atoms with Gasteiger partial charge < -0.3 is 0 Å². The van der Waals surface area contributed by atoms with E-state index in [0.717, 1.165) is 23.9 Å². The van der Waals surface area contributed by atoms with E-state index < -0.39 is 11.7 Å². The largest absolute Gasteiger partial charge is 0.417 e. The molecule has 2 rings (SSSR count). The second-order valence-corrected chi connectivity index (χ2v) is 4.60. The summed E-state index contributed by atoms with van der Waals surface area (Å²) >= 11 is 1.05. The molecule has 3 nitrogen and oxygen atoms in total. The van der Waals surface area contributed by atoms with E-state index in [1.165, 1.54) is 24.7 Å². The van der Waals surface area contributed by atoms with Crippen molar-refractivity contribution in [3.8, 4) is 0 Å². The Morgan fingerprint density at radius 1 is 1.21 bits per heavy atom. The van der Waals surface area contributed by atoms with Gasteiger partial charge in [0.2, 0.25) is 0 Å². The van der Waals surface area contributed by atoms with Crippen LogP contribution in [-0.4, -0.2) is 16.3 Å². The maximum atomic E-state index is 12.8. The molecule has 0 saturated carbocycles. The Hall–Kier alpha value is -1.89. The molecule has 2 aromatic rings. The molecule has 0 aliphatic rings. The molecule has 0 fully saturated rings. The first-order valence-electron chi connectivity index (χ1n) is 5.11. The first-order chi connectivity index (χ1) is 9.00. The highest BCUT2D eigenvalue weighted by atomic mass is 32.2. The predicted molar refractivity (Wildman–Crippen MR) is 63.0 cm³/mol. The minimum atomic E-state index is -4.56. The zero-order valence-electron chi connectivity index (χ0n) is 9.39.